The van der Waals surface area contributed by atoms with Crippen LogP contribution in [0.15, 0.2) is 41.6 Å². The molecule has 0 bridgehead atoms. The van der Waals surface area contributed by atoms with Gasteiger partial charge in [-0.05, 0) is 45.9 Å². The molecule has 4 rings (SSSR count). The van der Waals surface area contributed by atoms with Gasteiger partial charge in [-0.1, -0.05) is 0 Å². The van der Waals surface area contributed by atoms with Gasteiger partial charge >= 0.3 is 0 Å². The third-order valence-corrected chi connectivity index (χ3v) is 8.17. The molecule has 2 N–H and O–H groups in total. The minimum Gasteiger partial charge on any atom is -0.491 e. The lowest BCUT2D eigenvalue weighted by Gasteiger charge is -2.23. The van der Waals surface area contributed by atoms with Gasteiger partial charge in [0.05, 0.1) is 28.6 Å². The lowest BCUT2D eigenvalue weighted by Crippen LogP contribution is -2.28. The van der Waals surface area contributed by atoms with Crippen LogP contribution >= 0.6 is 0 Å². The molecule has 0 aliphatic carbocycles. The Morgan fingerprint density at radius 3 is 2.46 bits per heavy atom. The number of H-pyrrole nitrogens is 1. The quantitative estimate of drug-likeness (QED) is 0.363. The zero-order valence-electron chi connectivity index (χ0n) is 21.7. The van der Waals surface area contributed by atoms with Crippen molar-refractivity contribution in [2.24, 2.45) is 7.05 Å². The second kappa shape index (κ2) is 9.47. The van der Waals surface area contributed by atoms with Crippen molar-refractivity contribution in [3.63, 3.8) is 0 Å². The first-order valence-electron chi connectivity index (χ1n) is 11.3. The Labute approximate surface area is 214 Å². The largest absolute Gasteiger partial charge is 0.491 e. The van der Waals surface area contributed by atoms with Crippen LogP contribution in [0, 0.1) is 12.7 Å². The molecule has 13 heteroatoms. The lowest BCUT2D eigenvalue weighted by molar-refractivity contribution is 0.415. The minimum atomic E-state index is -3.73. The molecule has 196 valence electrons. The van der Waals surface area contributed by atoms with E-state index in [4.69, 9.17) is 4.74 Å². The predicted octanol–water partition coefficient (Wildman–Crippen LogP) is 4.14. The number of halogens is 1. The molecule has 0 aliphatic heterocycles. The van der Waals surface area contributed by atoms with E-state index in [-0.39, 0.29) is 16.5 Å². The van der Waals surface area contributed by atoms with Crippen molar-refractivity contribution in [3.05, 3.63) is 48.2 Å². The average Bonchev–Trinajstić information content (AvgIpc) is 3.44. The van der Waals surface area contributed by atoms with Crippen molar-refractivity contribution in [2.45, 2.75) is 37.3 Å². The second-order valence-electron chi connectivity index (χ2n) is 9.51. The van der Waals surface area contributed by atoms with Gasteiger partial charge < -0.3 is 15.0 Å². The standard InChI is InChI=1S/C24H29FN8O3S/c1-14-10-19(31-30-14)27-22-21(36-7)20(15-12-26-32(5)13-15)28-23(29-22)33(6)18-9-8-16(11-17(18)25)37(34,35)24(2,3)4/h8-13H,1-7H3,(H2,27,28,29,30,31). The van der Waals surface area contributed by atoms with Crippen molar-refractivity contribution in [2.75, 3.05) is 24.4 Å². The summed E-state index contributed by atoms with van der Waals surface area (Å²) in [5.41, 5.74) is 2.02. The number of hydrogen-bond donors (Lipinski definition) is 2. The van der Waals surface area contributed by atoms with Crippen LogP contribution < -0.4 is 15.0 Å². The van der Waals surface area contributed by atoms with Crippen molar-refractivity contribution >= 4 is 33.1 Å². The average molecular weight is 529 g/mol. The topological polar surface area (TPSA) is 131 Å². The molecule has 0 atom stereocenters. The number of anilines is 4. The van der Waals surface area contributed by atoms with Crippen LogP contribution in [0.1, 0.15) is 26.5 Å². The molecular weight excluding hydrogens is 499 g/mol. The van der Waals surface area contributed by atoms with Crippen LogP contribution in [-0.4, -0.2) is 57.3 Å². The van der Waals surface area contributed by atoms with Crippen molar-refractivity contribution in [3.8, 4) is 17.0 Å². The molecular formula is C24H29FN8O3S. The highest BCUT2D eigenvalue weighted by Gasteiger charge is 2.32. The summed E-state index contributed by atoms with van der Waals surface area (Å²) in [5, 5.41) is 14.4. The van der Waals surface area contributed by atoms with Gasteiger partial charge in [-0.15, -0.1) is 0 Å². The Hall–Kier alpha value is -4.00. The van der Waals surface area contributed by atoms with Gasteiger partial charge in [0.2, 0.25) is 5.95 Å². The van der Waals surface area contributed by atoms with E-state index in [9.17, 15) is 8.42 Å². The van der Waals surface area contributed by atoms with E-state index in [2.05, 4.69) is 30.6 Å². The first kappa shape index (κ1) is 26.1. The summed E-state index contributed by atoms with van der Waals surface area (Å²) in [6, 6.07) is 5.59. The molecule has 0 radical (unpaired) electrons. The highest BCUT2D eigenvalue weighted by atomic mass is 32.2. The summed E-state index contributed by atoms with van der Waals surface area (Å²) >= 11 is 0. The number of rotatable bonds is 7. The molecule has 0 amide bonds. The fourth-order valence-electron chi connectivity index (χ4n) is 3.60. The Morgan fingerprint density at radius 2 is 1.92 bits per heavy atom. The molecule has 3 aromatic heterocycles. The molecule has 0 aliphatic rings. The number of hydrogen-bond acceptors (Lipinski definition) is 9. The van der Waals surface area contributed by atoms with Crippen LogP contribution in [0.25, 0.3) is 11.3 Å². The molecule has 1 aromatic carbocycles. The molecule has 0 unspecified atom stereocenters. The monoisotopic (exact) mass is 528 g/mol. The summed E-state index contributed by atoms with van der Waals surface area (Å²) in [6.45, 7) is 6.57. The number of nitrogens with zero attached hydrogens (tertiary/aromatic N) is 6. The van der Waals surface area contributed by atoms with Crippen LogP contribution in [0.4, 0.5) is 27.7 Å². The number of methoxy groups -OCH3 is 1. The van der Waals surface area contributed by atoms with E-state index in [1.54, 1.807) is 58.0 Å². The fourth-order valence-corrected chi connectivity index (χ4v) is 4.81. The smallest absolute Gasteiger partial charge is 0.232 e. The predicted molar refractivity (Wildman–Crippen MR) is 139 cm³/mol. The summed E-state index contributed by atoms with van der Waals surface area (Å²) in [6.07, 6.45) is 3.40. The number of ether oxygens (including phenoxy) is 1. The van der Waals surface area contributed by atoms with Crippen molar-refractivity contribution < 1.29 is 17.5 Å². The van der Waals surface area contributed by atoms with Crippen LogP contribution in [0.2, 0.25) is 0 Å². The van der Waals surface area contributed by atoms with Crippen LogP contribution in [-0.2, 0) is 16.9 Å². The Morgan fingerprint density at radius 1 is 1.19 bits per heavy atom. The zero-order chi connectivity index (χ0) is 27.1. The highest BCUT2D eigenvalue weighted by Crippen LogP contribution is 2.38. The summed E-state index contributed by atoms with van der Waals surface area (Å²) in [5.74, 6) is 0.561. The van der Waals surface area contributed by atoms with Gasteiger partial charge in [-0.2, -0.15) is 15.2 Å². The first-order valence-corrected chi connectivity index (χ1v) is 12.8. The van der Waals surface area contributed by atoms with Crippen LogP contribution in [0.3, 0.4) is 0 Å². The minimum absolute atomic E-state index is 0.0942. The summed E-state index contributed by atoms with van der Waals surface area (Å²) < 4.78 is 47.1. The molecule has 0 saturated carbocycles. The molecule has 37 heavy (non-hydrogen) atoms. The summed E-state index contributed by atoms with van der Waals surface area (Å²) in [7, 11) is 1.13. The Bertz CT molecular complexity index is 1560. The Balaban J connectivity index is 1.83. The fraction of sp³-hybridized carbons (Fsp3) is 0.333. The van der Waals surface area contributed by atoms with E-state index < -0.39 is 20.4 Å². The SMILES string of the molecule is COc1c(Nc2cc(C)[nH]n2)nc(N(C)c2ccc(S(=O)(=O)C(C)(C)C)cc2F)nc1-c1cnn(C)c1. The van der Waals surface area contributed by atoms with Gasteiger partial charge in [-0.3, -0.25) is 9.78 Å². The maximum atomic E-state index is 15.3. The molecule has 11 nitrogen and oxygen atoms in total. The summed E-state index contributed by atoms with van der Waals surface area (Å²) in [4.78, 5) is 10.6. The Kier molecular flexibility index (Phi) is 6.67. The molecule has 0 fully saturated rings. The van der Waals surface area contributed by atoms with Crippen molar-refractivity contribution in [1.82, 2.24) is 29.9 Å². The number of aryl methyl sites for hydroxylation is 2. The molecule has 3 heterocycles. The first-order chi connectivity index (χ1) is 17.3. The highest BCUT2D eigenvalue weighted by molar-refractivity contribution is 7.92. The maximum Gasteiger partial charge on any atom is 0.232 e. The number of nitrogens with one attached hydrogen (secondary N) is 2. The normalized spacial score (nSPS) is 12.0. The second-order valence-corrected chi connectivity index (χ2v) is 12.2. The van der Waals surface area contributed by atoms with E-state index in [1.807, 2.05) is 6.92 Å². The van der Waals surface area contributed by atoms with E-state index in [0.29, 0.717) is 28.6 Å². The molecule has 0 spiro atoms. The third-order valence-electron chi connectivity index (χ3n) is 5.69. The lowest BCUT2D eigenvalue weighted by atomic mass is 10.2. The number of benzene rings is 1. The molecule has 4 aromatic rings. The number of aromatic amines is 1. The maximum absolute atomic E-state index is 15.3. The van der Waals surface area contributed by atoms with Gasteiger partial charge in [0.25, 0.3) is 0 Å². The van der Waals surface area contributed by atoms with E-state index in [1.165, 1.54) is 24.1 Å². The zero-order valence-corrected chi connectivity index (χ0v) is 22.5. The number of aromatic nitrogens is 6. The van der Waals surface area contributed by atoms with Gasteiger partial charge in [0, 0.05) is 37.6 Å². The van der Waals surface area contributed by atoms with Crippen LogP contribution in [0.5, 0.6) is 5.75 Å². The third kappa shape index (κ3) is 4.99. The van der Waals surface area contributed by atoms with Gasteiger partial charge in [0.15, 0.2) is 27.2 Å². The van der Waals surface area contributed by atoms with Gasteiger partial charge in [-0.25, -0.2) is 17.8 Å². The van der Waals surface area contributed by atoms with Crippen molar-refractivity contribution in [1.29, 1.82) is 0 Å². The number of sulfone groups is 1. The van der Waals surface area contributed by atoms with E-state index in [0.717, 1.165) is 11.8 Å². The van der Waals surface area contributed by atoms with Gasteiger partial charge in [0.1, 0.15) is 11.5 Å². The van der Waals surface area contributed by atoms with E-state index >= 15 is 4.39 Å². The molecule has 0 saturated heterocycles.